The Morgan fingerprint density at radius 2 is 2.02 bits per heavy atom. The molecule has 8 heteroatoms. The van der Waals surface area contributed by atoms with E-state index in [4.69, 9.17) is 9.84 Å². The molecule has 7 atom stereocenters. The number of aliphatic imine (C=N–C) groups is 2. The normalized spacial score (nSPS) is 38.7. The summed E-state index contributed by atoms with van der Waals surface area (Å²) in [5.74, 6) is 0.936. The van der Waals surface area contributed by atoms with Gasteiger partial charge in [0.05, 0.1) is 36.4 Å². The zero-order valence-electron chi connectivity index (χ0n) is 26.1. The number of aliphatic hydroxyl groups is 1. The van der Waals surface area contributed by atoms with Crippen molar-refractivity contribution in [2.24, 2.45) is 38.6 Å². The first-order valence-electron chi connectivity index (χ1n) is 16.0. The Morgan fingerprint density at radius 1 is 1.26 bits per heavy atom. The van der Waals surface area contributed by atoms with E-state index in [1.54, 1.807) is 0 Å². The molecule has 228 valence electrons. The van der Waals surface area contributed by atoms with Crippen LogP contribution in [0.2, 0.25) is 0 Å². The van der Waals surface area contributed by atoms with Gasteiger partial charge in [-0.05, 0) is 101 Å². The first kappa shape index (κ1) is 30.0. The molecule has 1 N–H and O–H groups in total. The summed E-state index contributed by atoms with van der Waals surface area (Å²) in [6.07, 6.45) is 15.9. The van der Waals surface area contributed by atoms with Crippen LogP contribution in [0.1, 0.15) is 103 Å². The van der Waals surface area contributed by atoms with Gasteiger partial charge in [-0.25, -0.2) is 9.98 Å². The Bertz CT molecular complexity index is 1340. The van der Waals surface area contributed by atoms with Gasteiger partial charge in [-0.15, -0.1) is 0 Å². The fourth-order valence-corrected chi connectivity index (χ4v) is 10.3. The molecule has 1 aromatic rings. The number of fused-ring (bicyclic) bond motifs is 6. The fourth-order valence-electron chi connectivity index (χ4n) is 9.44. The van der Waals surface area contributed by atoms with Crippen LogP contribution in [0.4, 0.5) is 0 Å². The van der Waals surface area contributed by atoms with Crippen LogP contribution in [0.25, 0.3) is 6.08 Å². The molecule has 2 heterocycles. The van der Waals surface area contributed by atoms with Gasteiger partial charge in [0.15, 0.2) is 11.0 Å². The number of rotatable bonds is 5. The number of ether oxygens (including phenoxy) is 1. The van der Waals surface area contributed by atoms with Gasteiger partial charge in [0.2, 0.25) is 0 Å². The van der Waals surface area contributed by atoms with Gasteiger partial charge in [-0.1, -0.05) is 56.5 Å². The summed E-state index contributed by atoms with van der Waals surface area (Å²) in [4.78, 5) is 22.3. The molecule has 7 nitrogen and oxygen atoms in total. The lowest BCUT2D eigenvalue weighted by atomic mass is 9.44. The molecule has 1 saturated heterocycles. The van der Waals surface area contributed by atoms with Crippen LogP contribution >= 0.6 is 11.8 Å². The third-order valence-corrected chi connectivity index (χ3v) is 13.0. The summed E-state index contributed by atoms with van der Waals surface area (Å²) in [7, 11) is 0. The Balaban J connectivity index is 1.24. The molecule has 3 saturated carbocycles. The van der Waals surface area contributed by atoms with Crippen LogP contribution in [0.3, 0.4) is 0 Å². The molecule has 1 aliphatic heterocycles. The number of ketones is 1. The predicted octanol–water partition coefficient (Wildman–Crippen LogP) is 6.82. The van der Waals surface area contributed by atoms with Crippen molar-refractivity contribution in [1.29, 1.82) is 0 Å². The first-order valence-corrected chi connectivity index (χ1v) is 17.0. The minimum Gasteiger partial charge on any atom is -0.393 e. The van der Waals surface area contributed by atoms with E-state index in [1.165, 1.54) is 60.7 Å². The molecule has 7 unspecified atom stereocenters. The maximum Gasteiger partial charge on any atom is 0.187 e. The van der Waals surface area contributed by atoms with Crippen LogP contribution in [0, 0.1) is 28.6 Å². The minimum absolute atomic E-state index is 0.0395. The predicted molar refractivity (Wildman–Crippen MR) is 171 cm³/mol. The SMILES string of the molecule is C=NC(=NC(C)=CC)SCC(=O)C1(C)OCC2C3CCC4=Cc5c(cnn5C5CCCCC5)CC4(C)C3C(O)CC21C. The molecular weight excluding hydrogens is 544 g/mol. The molecule has 4 fully saturated rings. The largest absolute Gasteiger partial charge is 0.393 e. The lowest BCUT2D eigenvalue weighted by molar-refractivity contribution is -0.158. The molecule has 5 aliphatic rings. The Kier molecular flexibility index (Phi) is 7.97. The summed E-state index contributed by atoms with van der Waals surface area (Å²) < 4.78 is 8.83. The summed E-state index contributed by atoms with van der Waals surface area (Å²) >= 11 is 1.31. The van der Waals surface area contributed by atoms with Crippen molar-refractivity contribution in [3.8, 4) is 0 Å². The van der Waals surface area contributed by atoms with Gasteiger partial charge in [-0.2, -0.15) is 5.10 Å². The van der Waals surface area contributed by atoms with E-state index in [0.717, 1.165) is 25.0 Å². The summed E-state index contributed by atoms with van der Waals surface area (Å²) in [6.45, 7) is 14.6. The Labute approximate surface area is 255 Å². The molecule has 0 aromatic carbocycles. The zero-order chi connectivity index (χ0) is 29.9. The number of amidine groups is 1. The second kappa shape index (κ2) is 11.2. The number of carbonyl (C=O) groups is 1. The van der Waals surface area contributed by atoms with Gasteiger partial charge in [0.1, 0.15) is 5.60 Å². The van der Waals surface area contributed by atoms with E-state index >= 15 is 0 Å². The fraction of sp³-hybridized carbons (Fsp3) is 0.706. The van der Waals surface area contributed by atoms with E-state index in [-0.39, 0.29) is 28.8 Å². The Morgan fingerprint density at radius 3 is 2.74 bits per heavy atom. The number of hydrogen-bond acceptors (Lipinski definition) is 6. The number of hydrogen-bond donors (Lipinski definition) is 1. The van der Waals surface area contributed by atoms with E-state index in [2.05, 4.69) is 47.5 Å². The smallest absolute Gasteiger partial charge is 0.187 e. The molecule has 6 rings (SSSR count). The summed E-state index contributed by atoms with van der Waals surface area (Å²) in [6, 6.07) is 0.516. The molecule has 42 heavy (non-hydrogen) atoms. The highest BCUT2D eigenvalue weighted by atomic mass is 32.2. The van der Waals surface area contributed by atoms with Crippen molar-refractivity contribution < 1.29 is 14.6 Å². The minimum atomic E-state index is -0.962. The molecule has 0 spiro atoms. The number of aliphatic hydroxyl groups excluding tert-OH is 1. The van der Waals surface area contributed by atoms with Crippen molar-refractivity contribution in [2.45, 2.75) is 110 Å². The van der Waals surface area contributed by atoms with Crippen molar-refractivity contribution in [1.82, 2.24) is 9.78 Å². The number of Topliss-reactive ketones (excluding diaryl/α,β-unsaturated/α-hetero) is 1. The van der Waals surface area contributed by atoms with Crippen LogP contribution in [0.15, 0.2) is 33.5 Å². The van der Waals surface area contributed by atoms with Crippen LogP contribution in [0.5, 0.6) is 0 Å². The van der Waals surface area contributed by atoms with Gasteiger partial charge in [0.25, 0.3) is 0 Å². The van der Waals surface area contributed by atoms with E-state index in [1.807, 2.05) is 26.8 Å². The van der Waals surface area contributed by atoms with Crippen LogP contribution in [-0.4, -0.2) is 56.6 Å². The molecular formula is C34H48N4O3S. The molecule has 0 radical (unpaired) electrons. The Hall–Kier alpha value is -2.03. The molecule has 1 aromatic heterocycles. The monoisotopic (exact) mass is 592 g/mol. The number of allylic oxidation sites excluding steroid dienone is 3. The van der Waals surface area contributed by atoms with E-state index in [0.29, 0.717) is 30.2 Å². The number of carbonyl (C=O) groups excluding carboxylic acids is 1. The number of nitrogens with zero attached hydrogens (tertiary/aromatic N) is 4. The van der Waals surface area contributed by atoms with Crippen molar-refractivity contribution in [3.63, 3.8) is 0 Å². The number of aromatic nitrogens is 2. The highest BCUT2D eigenvalue weighted by Gasteiger charge is 2.68. The third kappa shape index (κ3) is 4.62. The summed E-state index contributed by atoms with van der Waals surface area (Å²) in [5, 5.41) is 17.4. The maximum absolute atomic E-state index is 13.9. The highest BCUT2D eigenvalue weighted by Crippen LogP contribution is 2.66. The average molecular weight is 593 g/mol. The first-order chi connectivity index (χ1) is 20.1. The second-order valence-electron chi connectivity index (χ2n) is 14.1. The van der Waals surface area contributed by atoms with Crippen LogP contribution < -0.4 is 0 Å². The van der Waals surface area contributed by atoms with Gasteiger partial charge >= 0.3 is 0 Å². The highest BCUT2D eigenvalue weighted by molar-refractivity contribution is 8.14. The average Bonchev–Trinajstić information content (AvgIpc) is 3.50. The lowest BCUT2D eigenvalue weighted by Crippen LogP contribution is -2.61. The lowest BCUT2D eigenvalue weighted by Gasteiger charge is -2.60. The topological polar surface area (TPSA) is 89.1 Å². The van der Waals surface area contributed by atoms with Crippen molar-refractivity contribution >= 4 is 35.5 Å². The molecule has 4 aliphatic carbocycles. The summed E-state index contributed by atoms with van der Waals surface area (Å²) in [5.41, 5.74) is 3.44. The maximum atomic E-state index is 13.9. The molecule has 0 amide bonds. The zero-order valence-corrected chi connectivity index (χ0v) is 26.9. The second-order valence-corrected chi connectivity index (χ2v) is 15.1. The van der Waals surface area contributed by atoms with Gasteiger partial charge in [0, 0.05) is 11.1 Å². The quantitative estimate of drug-likeness (QED) is 0.299. The third-order valence-electron chi connectivity index (χ3n) is 12.1. The van der Waals surface area contributed by atoms with Gasteiger partial charge < -0.3 is 9.84 Å². The van der Waals surface area contributed by atoms with Crippen molar-refractivity contribution in [3.05, 3.63) is 34.8 Å². The van der Waals surface area contributed by atoms with Crippen LogP contribution in [-0.2, 0) is 16.0 Å². The van der Waals surface area contributed by atoms with Gasteiger partial charge in [-0.3, -0.25) is 9.48 Å². The van der Waals surface area contributed by atoms with E-state index in [9.17, 15) is 9.90 Å². The van der Waals surface area contributed by atoms with Crippen molar-refractivity contribution in [2.75, 3.05) is 12.4 Å². The van der Waals surface area contributed by atoms with E-state index < -0.39 is 17.1 Å². The number of thioether (sulfide) groups is 1. The standard InChI is InChI=1S/C34H48N4O3S/c1-7-21(2)37-31(35-6)42-20-29(40)34(5)33(4)17-28(39)30-25(26(33)19-41-34)14-13-23-15-27-22(16-32(23,30)3)18-36-38(27)24-11-9-8-10-12-24/h7,15,18,24-26,28,30,39H,6,8-14,16-17,19-20H2,1-5H3. The molecule has 0 bridgehead atoms.